The molecule has 0 saturated carbocycles. The third-order valence-corrected chi connectivity index (χ3v) is 4.24. The van der Waals surface area contributed by atoms with Crippen molar-refractivity contribution in [3.8, 4) is 5.75 Å². The first-order valence-electron chi connectivity index (χ1n) is 6.78. The van der Waals surface area contributed by atoms with Gasteiger partial charge in [0.15, 0.2) is 0 Å². The van der Waals surface area contributed by atoms with Crippen LogP contribution in [0.1, 0.15) is 12.7 Å². The Morgan fingerprint density at radius 3 is 2.87 bits per heavy atom. The number of hydrogen-bond acceptors (Lipinski definition) is 6. The predicted octanol–water partition coefficient (Wildman–Crippen LogP) is 3.46. The van der Waals surface area contributed by atoms with E-state index in [0.717, 1.165) is 5.76 Å². The minimum absolute atomic E-state index is 0.114. The molecule has 2 aromatic rings. The monoisotopic (exact) mass is 336 g/mol. The second-order valence-corrected chi connectivity index (χ2v) is 5.99. The van der Waals surface area contributed by atoms with Crippen LogP contribution in [0, 0.1) is 10.1 Å². The van der Waals surface area contributed by atoms with E-state index in [2.05, 4.69) is 5.32 Å². The third-order valence-electron chi connectivity index (χ3n) is 3.08. The van der Waals surface area contributed by atoms with Gasteiger partial charge in [-0.3, -0.25) is 14.9 Å². The highest BCUT2D eigenvalue weighted by Crippen LogP contribution is 2.29. The number of anilines is 1. The summed E-state index contributed by atoms with van der Waals surface area (Å²) in [5, 5.41) is 13.2. The quantitative estimate of drug-likeness (QED) is 0.614. The first-order chi connectivity index (χ1) is 11.0. The fraction of sp³-hybridized carbons (Fsp3) is 0.267. The molecule has 1 aromatic heterocycles. The van der Waals surface area contributed by atoms with Gasteiger partial charge in [0.25, 0.3) is 5.69 Å². The van der Waals surface area contributed by atoms with Crippen LogP contribution in [0.5, 0.6) is 5.75 Å². The van der Waals surface area contributed by atoms with Crippen molar-refractivity contribution < 1.29 is 18.9 Å². The number of nitro groups is 1. The molecule has 122 valence electrons. The smallest absolute Gasteiger partial charge is 0.271 e. The number of furan rings is 1. The molecule has 0 fully saturated rings. The Bertz CT molecular complexity index is 687. The molecule has 0 aliphatic rings. The number of carbonyl (C=O) groups is 1. The molecule has 1 atom stereocenters. The van der Waals surface area contributed by atoms with Gasteiger partial charge in [-0.25, -0.2) is 0 Å². The van der Waals surface area contributed by atoms with Crippen molar-refractivity contribution in [1.82, 2.24) is 0 Å². The number of carbonyl (C=O) groups excluding carboxylic acids is 1. The summed E-state index contributed by atoms with van der Waals surface area (Å²) in [6.07, 6.45) is 1.58. The van der Waals surface area contributed by atoms with Gasteiger partial charge in [0.2, 0.25) is 5.91 Å². The lowest BCUT2D eigenvalue weighted by Crippen LogP contribution is -2.23. The summed E-state index contributed by atoms with van der Waals surface area (Å²) in [4.78, 5) is 22.6. The number of nitro benzene ring substituents is 1. The number of rotatable bonds is 7. The molecule has 0 unspecified atom stereocenters. The molecule has 1 amide bonds. The highest BCUT2D eigenvalue weighted by Gasteiger charge is 2.18. The summed E-state index contributed by atoms with van der Waals surface area (Å²) in [5.74, 6) is 1.45. The van der Waals surface area contributed by atoms with Crippen molar-refractivity contribution in [3.05, 3.63) is 52.5 Å². The van der Waals surface area contributed by atoms with Gasteiger partial charge in [-0.1, -0.05) is 0 Å². The van der Waals surface area contributed by atoms with Gasteiger partial charge in [0.05, 0.1) is 35.0 Å². The van der Waals surface area contributed by atoms with Crippen LogP contribution in [-0.2, 0) is 10.5 Å². The van der Waals surface area contributed by atoms with Crippen molar-refractivity contribution in [2.75, 3.05) is 12.4 Å². The van der Waals surface area contributed by atoms with Crippen LogP contribution in [0.3, 0.4) is 0 Å². The second kappa shape index (κ2) is 7.68. The van der Waals surface area contributed by atoms with E-state index in [1.807, 2.05) is 6.07 Å². The molecule has 23 heavy (non-hydrogen) atoms. The average Bonchev–Trinajstić information content (AvgIpc) is 3.05. The highest BCUT2D eigenvalue weighted by molar-refractivity contribution is 7.99. The minimum atomic E-state index is -0.524. The molecular weight excluding hydrogens is 320 g/mol. The zero-order valence-corrected chi connectivity index (χ0v) is 13.5. The van der Waals surface area contributed by atoms with Gasteiger partial charge >= 0.3 is 0 Å². The summed E-state index contributed by atoms with van der Waals surface area (Å²) in [6.45, 7) is 1.76. The number of hydrogen-bond donors (Lipinski definition) is 1. The highest BCUT2D eigenvalue weighted by atomic mass is 32.2. The van der Waals surface area contributed by atoms with E-state index >= 15 is 0 Å². The summed E-state index contributed by atoms with van der Waals surface area (Å²) >= 11 is 1.40. The van der Waals surface area contributed by atoms with E-state index in [1.54, 1.807) is 19.3 Å². The fourth-order valence-corrected chi connectivity index (χ4v) is 2.61. The largest absolute Gasteiger partial charge is 0.495 e. The first kappa shape index (κ1) is 16.9. The Labute approximate surface area is 137 Å². The lowest BCUT2D eigenvalue weighted by molar-refractivity contribution is -0.384. The van der Waals surface area contributed by atoms with Crippen molar-refractivity contribution in [3.63, 3.8) is 0 Å². The van der Waals surface area contributed by atoms with Crippen molar-refractivity contribution in [1.29, 1.82) is 0 Å². The molecule has 0 saturated heterocycles. The number of nitrogens with zero attached hydrogens (tertiary/aromatic N) is 1. The zero-order valence-electron chi connectivity index (χ0n) is 12.6. The van der Waals surface area contributed by atoms with E-state index in [9.17, 15) is 14.9 Å². The van der Waals surface area contributed by atoms with Gasteiger partial charge in [0.1, 0.15) is 11.5 Å². The first-order valence-corrected chi connectivity index (χ1v) is 7.83. The van der Waals surface area contributed by atoms with Gasteiger partial charge in [-0.15, -0.1) is 11.8 Å². The number of benzene rings is 1. The SMILES string of the molecule is COc1ccc([N+](=O)[O-])cc1NC(=O)[C@@H](C)SCc1ccco1. The number of amides is 1. The normalized spacial score (nSPS) is 11.7. The Kier molecular flexibility index (Phi) is 5.64. The molecule has 7 nitrogen and oxygen atoms in total. The summed E-state index contributed by atoms with van der Waals surface area (Å²) in [5.41, 5.74) is 0.161. The van der Waals surface area contributed by atoms with Gasteiger partial charge in [-0.05, 0) is 25.1 Å². The van der Waals surface area contributed by atoms with Crippen molar-refractivity contribution in [2.24, 2.45) is 0 Å². The molecule has 2 rings (SSSR count). The van der Waals surface area contributed by atoms with Crippen LogP contribution in [0.15, 0.2) is 41.0 Å². The number of non-ortho nitro benzene ring substituents is 1. The molecule has 1 aromatic carbocycles. The lowest BCUT2D eigenvalue weighted by atomic mass is 10.2. The van der Waals surface area contributed by atoms with E-state index in [0.29, 0.717) is 11.5 Å². The fourth-order valence-electron chi connectivity index (χ4n) is 1.82. The standard InChI is InChI=1S/C15H16N2O5S/c1-10(23-9-12-4-3-7-22-12)15(18)16-13-8-11(17(19)20)5-6-14(13)21-2/h3-8,10H,9H2,1-2H3,(H,16,18)/t10-/m1/s1. The number of ether oxygens (including phenoxy) is 1. The molecule has 1 N–H and O–H groups in total. The molecule has 1 heterocycles. The van der Waals surface area contributed by atoms with Crippen LogP contribution < -0.4 is 10.1 Å². The molecular formula is C15H16N2O5S. The zero-order chi connectivity index (χ0) is 16.8. The lowest BCUT2D eigenvalue weighted by Gasteiger charge is -2.13. The van der Waals surface area contributed by atoms with E-state index in [1.165, 1.54) is 37.1 Å². The second-order valence-electron chi connectivity index (χ2n) is 4.66. The van der Waals surface area contributed by atoms with E-state index in [4.69, 9.17) is 9.15 Å². The Hall–Kier alpha value is -2.48. The number of thioether (sulfide) groups is 1. The van der Waals surface area contributed by atoms with Crippen LogP contribution in [0.4, 0.5) is 11.4 Å². The van der Waals surface area contributed by atoms with E-state index < -0.39 is 4.92 Å². The molecule has 0 bridgehead atoms. The third kappa shape index (κ3) is 4.49. The van der Waals surface area contributed by atoms with Crippen LogP contribution in [0.25, 0.3) is 0 Å². The molecule has 8 heteroatoms. The Balaban J connectivity index is 2.03. The molecule has 0 radical (unpaired) electrons. The Morgan fingerprint density at radius 2 is 2.26 bits per heavy atom. The van der Waals surface area contributed by atoms with Crippen LogP contribution in [-0.4, -0.2) is 23.2 Å². The van der Waals surface area contributed by atoms with Crippen molar-refractivity contribution in [2.45, 2.75) is 17.9 Å². The summed E-state index contributed by atoms with van der Waals surface area (Å²) < 4.78 is 10.3. The number of methoxy groups -OCH3 is 1. The summed E-state index contributed by atoms with van der Waals surface area (Å²) in [7, 11) is 1.44. The maximum absolute atomic E-state index is 12.2. The average molecular weight is 336 g/mol. The maximum atomic E-state index is 12.2. The molecule has 0 spiro atoms. The van der Waals surface area contributed by atoms with Gasteiger partial charge in [-0.2, -0.15) is 0 Å². The topological polar surface area (TPSA) is 94.6 Å². The number of nitrogens with one attached hydrogen (secondary N) is 1. The van der Waals surface area contributed by atoms with E-state index in [-0.39, 0.29) is 22.5 Å². The Morgan fingerprint density at radius 1 is 1.48 bits per heavy atom. The van der Waals surface area contributed by atoms with Crippen LogP contribution in [0.2, 0.25) is 0 Å². The van der Waals surface area contributed by atoms with Crippen LogP contribution >= 0.6 is 11.8 Å². The van der Waals surface area contributed by atoms with Gasteiger partial charge < -0.3 is 14.5 Å². The predicted molar refractivity (Wildman–Crippen MR) is 87.7 cm³/mol. The minimum Gasteiger partial charge on any atom is -0.495 e. The maximum Gasteiger partial charge on any atom is 0.271 e. The molecule has 0 aliphatic carbocycles. The van der Waals surface area contributed by atoms with Gasteiger partial charge in [0, 0.05) is 12.1 Å². The summed E-state index contributed by atoms with van der Waals surface area (Å²) in [6, 6.07) is 7.68. The van der Waals surface area contributed by atoms with Crippen molar-refractivity contribution >= 4 is 29.0 Å². The molecule has 0 aliphatic heterocycles.